The first kappa shape index (κ1) is 24.9. The summed E-state index contributed by atoms with van der Waals surface area (Å²) < 4.78 is 0. The van der Waals surface area contributed by atoms with Gasteiger partial charge >= 0.3 is 5.91 Å². The number of nitrogens with one attached hydrogen (secondary N) is 2. The zero-order chi connectivity index (χ0) is 24.8. The van der Waals surface area contributed by atoms with Crippen LogP contribution in [0.5, 0.6) is 0 Å². The number of nitrogens with zero attached hydrogens (tertiary/aromatic N) is 3. The maximum Gasteiger partial charge on any atom is 0.308 e. The zero-order valence-corrected chi connectivity index (χ0v) is 20.6. The van der Waals surface area contributed by atoms with E-state index in [0.717, 1.165) is 46.1 Å². The predicted molar refractivity (Wildman–Crippen MR) is 139 cm³/mol. The molecule has 2 atom stereocenters. The van der Waals surface area contributed by atoms with E-state index in [0.29, 0.717) is 24.6 Å². The smallest absolute Gasteiger partial charge is 0.308 e. The van der Waals surface area contributed by atoms with Crippen molar-refractivity contribution >= 4 is 28.9 Å². The van der Waals surface area contributed by atoms with Crippen molar-refractivity contribution in [3.8, 4) is 21.8 Å². The van der Waals surface area contributed by atoms with E-state index in [4.69, 9.17) is 16.5 Å². The van der Waals surface area contributed by atoms with Gasteiger partial charge in [0.2, 0.25) is 0 Å². The van der Waals surface area contributed by atoms with Crippen LogP contribution >= 0.6 is 11.3 Å². The van der Waals surface area contributed by atoms with E-state index in [9.17, 15) is 9.90 Å². The zero-order valence-electron chi connectivity index (χ0n) is 19.8. The van der Waals surface area contributed by atoms with Crippen LogP contribution in [0.1, 0.15) is 31.1 Å². The number of benzene rings is 1. The summed E-state index contributed by atoms with van der Waals surface area (Å²) in [6, 6.07) is 13.7. The maximum atomic E-state index is 12.6. The van der Waals surface area contributed by atoms with Crippen LogP contribution in [0.25, 0.3) is 21.8 Å². The van der Waals surface area contributed by atoms with Gasteiger partial charge in [0, 0.05) is 29.8 Å². The summed E-state index contributed by atoms with van der Waals surface area (Å²) in [6.45, 7) is 3.46. The Morgan fingerprint density at radius 1 is 1.34 bits per heavy atom. The van der Waals surface area contributed by atoms with Crippen LogP contribution in [0, 0.1) is 0 Å². The van der Waals surface area contributed by atoms with Gasteiger partial charge < -0.3 is 16.6 Å². The lowest BCUT2D eigenvalue weighted by Crippen LogP contribution is -2.34. The molecule has 7 N–H and O–H groups in total. The summed E-state index contributed by atoms with van der Waals surface area (Å²) in [5.74, 6) is 0.852. The van der Waals surface area contributed by atoms with Crippen LogP contribution in [0.15, 0.2) is 53.7 Å². The summed E-state index contributed by atoms with van der Waals surface area (Å²) in [6.07, 6.45) is 3.75. The number of aliphatic imine (C=N–C) groups is 1. The lowest BCUT2D eigenvalue weighted by molar-refractivity contribution is -0.360. The van der Waals surface area contributed by atoms with E-state index in [-0.39, 0.29) is 18.6 Å². The van der Waals surface area contributed by atoms with Gasteiger partial charge in [-0.25, -0.2) is 25.1 Å². The molecule has 1 amide bonds. The Morgan fingerprint density at radius 3 is 2.89 bits per heavy atom. The van der Waals surface area contributed by atoms with E-state index >= 15 is 0 Å². The van der Waals surface area contributed by atoms with Crippen LogP contribution in [0.4, 0.5) is 5.82 Å². The second-order valence-electron chi connectivity index (χ2n) is 8.62. The molecule has 2 unspecified atom stereocenters. The average Bonchev–Trinajstić information content (AvgIpc) is 3.50. The van der Waals surface area contributed by atoms with Crippen molar-refractivity contribution in [1.82, 2.24) is 9.88 Å². The van der Waals surface area contributed by atoms with Crippen molar-refractivity contribution in [2.75, 3.05) is 25.0 Å². The van der Waals surface area contributed by atoms with Gasteiger partial charge in [-0.15, -0.1) is 11.3 Å². The molecule has 3 aromatic rings. The standard InChI is InChI=1S/C25H31N7O2S/c1-16(26)29-24(27)23-22(17-6-3-2-4-7-17)31-25(35-23)18-9-11-28-20(14-18)30-21(34)10-13-32-12-5-8-19(32)15-33/h2-4,6-7,9,11,14,16,19,33H,5,8,10,12-13,15,26H2,1H3,(H2,27,29)(H,28,30,34)/p+1. The number of aliphatic hydroxyl groups excluding tert-OH is 1. The van der Waals surface area contributed by atoms with Gasteiger partial charge in [0.15, 0.2) is 0 Å². The summed E-state index contributed by atoms with van der Waals surface area (Å²) in [7, 11) is 0. The minimum Gasteiger partial charge on any atom is -0.395 e. The molecule has 1 aliphatic rings. The number of amidine groups is 1. The van der Waals surface area contributed by atoms with E-state index < -0.39 is 6.17 Å². The average molecular weight is 495 g/mol. The number of carbonyl (C=O) groups is 1. The topological polar surface area (TPSA) is 144 Å². The first-order chi connectivity index (χ1) is 16.9. The summed E-state index contributed by atoms with van der Waals surface area (Å²) in [4.78, 5) is 27.8. The lowest BCUT2D eigenvalue weighted by Gasteiger charge is -2.21. The van der Waals surface area contributed by atoms with E-state index in [2.05, 4.69) is 20.2 Å². The van der Waals surface area contributed by atoms with Gasteiger partial charge in [0.05, 0.1) is 36.0 Å². The molecule has 0 bridgehead atoms. The molecule has 0 radical (unpaired) electrons. The van der Waals surface area contributed by atoms with Crippen LogP contribution in [0.2, 0.25) is 0 Å². The molecule has 1 aliphatic heterocycles. The number of aromatic amines is 1. The van der Waals surface area contributed by atoms with E-state index in [1.54, 1.807) is 13.1 Å². The predicted octanol–water partition coefficient (Wildman–Crippen LogP) is 2.09. The number of aliphatic hydroxyl groups is 1. The SMILES string of the molecule is CC(N)/N=C(\N)c1sc(-c2cc[nH+]c(NC(=O)CCN3CCCC3CO)c2)nc1-c1ccccc1. The van der Waals surface area contributed by atoms with E-state index in [1.165, 1.54) is 11.3 Å². The number of thiazole rings is 1. The van der Waals surface area contributed by atoms with E-state index in [1.807, 2.05) is 42.5 Å². The van der Waals surface area contributed by atoms with Gasteiger partial charge in [-0.1, -0.05) is 30.3 Å². The van der Waals surface area contributed by atoms with Crippen LogP contribution in [-0.4, -0.2) is 58.6 Å². The first-order valence-electron chi connectivity index (χ1n) is 11.8. The number of rotatable bonds is 9. The van der Waals surface area contributed by atoms with Crippen molar-refractivity contribution in [3.63, 3.8) is 0 Å². The van der Waals surface area contributed by atoms with Crippen molar-refractivity contribution in [2.24, 2.45) is 16.5 Å². The Hall–Kier alpha value is -3.18. The molecule has 10 heteroatoms. The summed E-state index contributed by atoms with van der Waals surface area (Å²) >= 11 is 1.44. The van der Waals surface area contributed by atoms with Gasteiger partial charge in [0.25, 0.3) is 5.82 Å². The minimum absolute atomic E-state index is 0.0832. The molecule has 3 heterocycles. The number of nitrogens with two attached hydrogens (primary N) is 2. The molecule has 0 aliphatic carbocycles. The molecule has 1 aromatic carbocycles. The number of pyridine rings is 1. The molecule has 9 nitrogen and oxygen atoms in total. The molecule has 184 valence electrons. The van der Waals surface area contributed by atoms with Crippen molar-refractivity contribution < 1.29 is 14.9 Å². The van der Waals surface area contributed by atoms with Gasteiger partial charge in [-0.05, 0) is 32.4 Å². The number of carbonyl (C=O) groups excluding carboxylic acids is 1. The fraction of sp³-hybridized carbons (Fsp3) is 0.360. The molecule has 0 spiro atoms. The van der Waals surface area contributed by atoms with Crippen molar-refractivity contribution in [1.29, 1.82) is 0 Å². The first-order valence-corrected chi connectivity index (χ1v) is 12.6. The third kappa shape index (κ3) is 6.29. The highest BCUT2D eigenvalue weighted by molar-refractivity contribution is 7.17. The largest absolute Gasteiger partial charge is 0.395 e. The third-order valence-electron chi connectivity index (χ3n) is 5.91. The van der Waals surface area contributed by atoms with Gasteiger partial charge in [-0.3, -0.25) is 4.90 Å². The third-order valence-corrected chi connectivity index (χ3v) is 7.04. The fourth-order valence-electron chi connectivity index (χ4n) is 4.21. The number of H-pyrrole nitrogens is 1. The number of likely N-dealkylation sites (tertiary alicyclic amines) is 1. The Kier molecular flexibility index (Phi) is 8.19. The van der Waals surface area contributed by atoms with Gasteiger partial charge in [0.1, 0.15) is 10.8 Å². The molecular formula is C25H32N7O2S+. The number of anilines is 1. The highest BCUT2D eigenvalue weighted by Gasteiger charge is 2.25. The Bertz CT molecular complexity index is 1180. The van der Waals surface area contributed by atoms with Crippen LogP contribution in [0.3, 0.4) is 0 Å². The number of hydrogen-bond acceptors (Lipinski definition) is 7. The maximum absolute atomic E-state index is 12.6. The Balaban J connectivity index is 1.53. The van der Waals surface area contributed by atoms with Crippen molar-refractivity contribution in [2.45, 2.75) is 38.4 Å². The monoisotopic (exact) mass is 494 g/mol. The highest BCUT2D eigenvalue weighted by atomic mass is 32.1. The number of aromatic nitrogens is 2. The normalized spacial score (nSPS) is 17.5. The molecule has 2 aromatic heterocycles. The number of hydrogen-bond donors (Lipinski definition) is 4. The summed E-state index contributed by atoms with van der Waals surface area (Å²) in [5.41, 5.74) is 14.7. The van der Waals surface area contributed by atoms with Crippen LogP contribution in [-0.2, 0) is 4.79 Å². The fourth-order valence-corrected chi connectivity index (χ4v) is 5.21. The highest BCUT2D eigenvalue weighted by Crippen LogP contribution is 2.34. The molecule has 35 heavy (non-hydrogen) atoms. The lowest BCUT2D eigenvalue weighted by atomic mass is 10.1. The molecule has 0 saturated carbocycles. The summed E-state index contributed by atoms with van der Waals surface area (Å²) in [5, 5.41) is 13.2. The molecule has 1 fully saturated rings. The Labute approximate surface area is 208 Å². The quantitative estimate of drug-likeness (QED) is 0.265. The minimum atomic E-state index is -0.425. The van der Waals surface area contributed by atoms with Crippen LogP contribution < -0.4 is 21.8 Å². The number of amides is 1. The van der Waals surface area contributed by atoms with Gasteiger partial charge in [-0.2, -0.15) is 0 Å². The second kappa shape index (κ2) is 11.5. The second-order valence-corrected chi connectivity index (χ2v) is 9.62. The van der Waals surface area contributed by atoms with Crippen molar-refractivity contribution in [3.05, 3.63) is 53.5 Å². The molecule has 1 saturated heterocycles. The molecule has 4 rings (SSSR count). The Morgan fingerprint density at radius 2 is 2.14 bits per heavy atom. The molecular weight excluding hydrogens is 462 g/mol.